The van der Waals surface area contributed by atoms with Crippen molar-refractivity contribution in [1.82, 2.24) is 9.27 Å². The summed E-state index contributed by atoms with van der Waals surface area (Å²) in [5, 5.41) is 2.82. The zero-order chi connectivity index (χ0) is 13.0. The van der Waals surface area contributed by atoms with Crippen molar-refractivity contribution in [1.29, 1.82) is 0 Å². The highest BCUT2D eigenvalue weighted by molar-refractivity contribution is 7.07. The lowest BCUT2D eigenvalue weighted by atomic mass is 10.2. The van der Waals surface area contributed by atoms with Crippen molar-refractivity contribution in [2.24, 2.45) is 0 Å². The summed E-state index contributed by atoms with van der Waals surface area (Å²) in [5.74, 6) is 0. The van der Waals surface area contributed by atoms with Crippen LogP contribution in [0.3, 0.4) is 0 Å². The molecule has 0 aromatic carbocycles. The van der Waals surface area contributed by atoms with Crippen LogP contribution in [0.25, 0.3) is 0 Å². The van der Waals surface area contributed by atoms with Gasteiger partial charge in [0, 0.05) is 17.0 Å². The molecule has 0 bridgehead atoms. The van der Waals surface area contributed by atoms with E-state index in [-0.39, 0.29) is 11.6 Å². The van der Waals surface area contributed by atoms with Crippen LogP contribution in [-0.4, -0.2) is 16.5 Å². The number of carbonyl (C=O) groups is 1. The summed E-state index contributed by atoms with van der Waals surface area (Å²) in [6, 6.07) is -0.254. The average molecular weight is 268 g/mol. The molecule has 100 valence electrons. The van der Waals surface area contributed by atoms with E-state index in [4.69, 9.17) is 0 Å². The molecule has 0 atom stereocenters. The van der Waals surface area contributed by atoms with E-state index in [0.29, 0.717) is 6.54 Å². The summed E-state index contributed by atoms with van der Waals surface area (Å²) in [6.45, 7) is 2.82. The van der Waals surface area contributed by atoms with E-state index >= 15 is 0 Å². The molecule has 5 heteroatoms. The first-order valence-electron chi connectivity index (χ1n) is 6.76. The third-order valence-corrected chi connectivity index (χ3v) is 4.49. The highest BCUT2D eigenvalue weighted by Crippen LogP contribution is 2.22. The normalized spacial score (nSPS) is 13.6. The van der Waals surface area contributed by atoms with E-state index in [1.807, 2.05) is 0 Å². The predicted molar refractivity (Wildman–Crippen MR) is 73.5 cm³/mol. The maximum Gasteiger partial charge on any atom is 0.338 e. The van der Waals surface area contributed by atoms with Crippen LogP contribution < -0.4 is 10.9 Å². The van der Waals surface area contributed by atoms with Gasteiger partial charge in [-0.25, -0.2) is 4.79 Å². The molecule has 0 unspecified atom stereocenters. The number of nitrogens with zero attached hydrogens (tertiary/aromatic N) is 1. The number of hydrogen-bond donors (Lipinski definition) is 1. The molecule has 0 spiro atoms. The number of hydrogen-bond acceptors (Lipinski definition) is 3. The molecule has 0 fully saturated rings. The zero-order valence-corrected chi connectivity index (χ0v) is 11.6. The van der Waals surface area contributed by atoms with E-state index < -0.39 is 0 Å². The van der Waals surface area contributed by atoms with Gasteiger partial charge in [-0.3, -0.25) is 4.79 Å². The first-order valence-corrected chi connectivity index (χ1v) is 7.53. The maximum absolute atomic E-state index is 11.9. The Hall–Kier alpha value is -1.10. The van der Waals surface area contributed by atoms with Gasteiger partial charge >= 0.3 is 6.03 Å². The van der Waals surface area contributed by atoms with E-state index in [0.717, 1.165) is 42.5 Å². The Labute approximate surface area is 111 Å². The van der Waals surface area contributed by atoms with E-state index in [1.165, 1.54) is 28.3 Å². The lowest BCUT2D eigenvalue weighted by Crippen LogP contribution is -2.34. The van der Waals surface area contributed by atoms with Crippen molar-refractivity contribution in [3.63, 3.8) is 0 Å². The fourth-order valence-corrected chi connectivity index (χ4v) is 3.37. The molecular weight excluding hydrogens is 248 g/mol. The molecule has 1 aromatic heterocycles. The van der Waals surface area contributed by atoms with Crippen LogP contribution in [0, 0.1) is 0 Å². The van der Waals surface area contributed by atoms with Gasteiger partial charge in [-0.1, -0.05) is 37.7 Å². The number of unbranched alkanes of at least 4 members (excludes halogenated alkanes) is 3. The van der Waals surface area contributed by atoms with Crippen LogP contribution in [0.5, 0.6) is 0 Å². The molecule has 1 heterocycles. The Kier molecular flexibility index (Phi) is 4.58. The molecule has 18 heavy (non-hydrogen) atoms. The second kappa shape index (κ2) is 6.18. The lowest BCUT2D eigenvalue weighted by Gasteiger charge is -2.04. The second-order valence-electron chi connectivity index (χ2n) is 4.74. The molecule has 0 saturated carbocycles. The van der Waals surface area contributed by atoms with E-state index in [2.05, 4.69) is 12.2 Å². The van der Waals surface area contributed by atoms with Gasteiger partial charge in [-0.15, -0.1) is 0 Å². The molecule has 4 nitrogen and oxygen atoms in total. The van der Waals surface area contributed by atoms with Crippen LogP contribution in [-0.2, 0) is 12.8 Å². The summed E-state index contributed by atoms with van der Waals surface area (Å²) in [5.41, 5.74) is 0.764. The lowest BCUT2D eigenvalue weighted by molar-refractivity contribution is 0.243. The molecule has 1 N–H and O–H groups in total. The van der Waals surface area contributed by atoms with Gasteiger partial charge < -0.3 is 5.32 Å². The van der Waals surface area contributed by atoms with Gasteiger partial charge in [0.15, 0.2) is 0 Å². The Morgan fingerprint density at radius 1 is 1.33 bits per heavy atom. The monoisotopic (exact) mass is 268 g/mol. The molecule has 1 aliphatic rings. The Morgan fingerprint density at radius 3 is 2.89 bits per heavy atom. The molecular formula is C13H20N2O2S. The topological polar surface area (TPSA) is 51.1 Å². The number of aromatic nitrogens is 1. The maximum atomic E-state index is 11.9. The Balaban J connectivity index is 1.88. The van der Waals surface area contributed by atoms with Crippen molar-refractivity contribution >= 4 is 17.6 Å². The first-order chi connectivity index (χ1) is 8.74. The average Bonchev–Trinajstić information content (AvgIpc) is 2.92. The van der Waals surface area contributed by atoms with Crippen LogP contribution in [0.15, 0.2) is 4.79 Å². The minimum absolute atomic E-state index is 0.0986. The van der Waals surface area contributed by atoms with Gasteiger partial charge in [-0.05, 0) is 25.7 Å². The predicted octanol–water partition coefficient (Wildman–Crippen LogP) is 2.54. The van der Waals surface area contributed by atoms with Gasteiger partial charge in [0.1, 0.15) is 0 Å². The zero-order valence-electron chi connectivity index (χ0n) is 10.8. The minimum atomic E-state index is -0.254. The summed E-state index contributed by atoms with van der Waals surface area (Å²) in [4.78, 5) is 24.9. The number of amides is 1. The fourth-order valence-electron chi connectivity index (χ4n) is 2.27. The molecule has 1 aliphatic carbocycles. The molecule has 0 aliphatic heterocycles. The third-order valence-electron chi connectivity index (χ3n) is 3.30. The molecule has 0 saturated heterocycles. The summed E-state index contributed by atoms with van der Waals surface area (Å²) < 4.78 is 1.28. The molecule has 1 aromatic rings. The van der Waals surface area contributed by atoms with Crippen molar-refractivity contribution in [2.45, 2.75) is 51.9 Å². The van der Waals surface area contributed by atoms with E-state index in [9.17, 15) is 9.59 Å². The van der Waals surface area contributed by atoms with Gasteiger partial charge in [0.05, 0.1) is 0 Å². The van der Waals surface area contributed by atoms with Crippen molar-refractivity contribution in [3.8, 4) is 0 Å². The minimum Gasteiger partial charge on any atom is -0.337 e. The molecule has 1 amide bonds. The summed E-state index contributed by atoms with van der Waals surface area (Å²) >= 11 is 1.32. The van der Waals surface area contributed by atoms with Crippen molar-refractivity contribution < 1.29 is 4.79 Å². The number of fused-ring (bicyclic) bond motifs is 1. The van der Waals surface area contributed by atoms with Gasteiger partial charge in [-0.2, -0.15) is 3.96 Å². The first kappa shape index (κ1) is 13.3. The number of carbonyl (C=O) groups excluding carboxylic acids is 1. The smallest absolute Gasteiger partial charge is 0.337 e. The van der Waals surface area contributed by atoms with Crippen LogP contribution in [0.1, 0.15) is 49.5 Å². The second-order valence-corrected chi connectivity index (χ2v) is 5.78. The largest absolute Gasteiger partial charge is 0.338 e. The Morgan fingerprint density at radius 2 is 2.17 bits per heavy atom. The highest BCUT2D eigenvalue weighted by atomic mass is 32.1. The van der Waals surface area contributed by atoms with Crippen LogP contribution >= 0.6 is 11.5 Å². The fraction of sp³-hybridized carbons (Fsp3) is 0.692. The van der Waals surface area contributed by atoms with Crippen LogP contribution in [0.4, 0.5) is 4.79 Å². The quantitative estimate of drug-likeness (QED) is 0.834. The van der Waals surface area contributed by atoms with Crippen molar-refractivity contribution in [2.75, 3.05) is 6.54 Å². The highest BCUT2D eigenvalue weighted by Gasteiger charge is 2.22. The Bertz CT molecular complexity index is 476. The summed E-state index contributed by atoms with van der Waals surface area (Å²) in [7, 11) is 0. The van der Waals surface area contributed by atoms with Gasteiger partial charge in [0.25, 0.3) is 5.56 Å². The molecule has 2 rings (SSSR count). The standard InChI is InChI=1S/C13H20N2O2S/c1-2-3-4-5-9-14-13(17)15-12(16)10-7-6-8-11(10)18-15/h2-9H2,1H3,(H,14,17). The number of rotatable bonds is 5. The molecule has 0 radical (unpaired) electrons. The number of aryl methyl sites for hydroxylation is 1. The summed E-state index contributed by atoms with van der Waals surface area (Å²) in [6.07, 6.45) is 7.34. The van der Waals surface area contributed by atoms with E-state index in [1.54, 1.807) is 0 Å². The third kappa shape index (κ3) is 2.83. The number of nitrogens with one attached hydrogen (secondary N) is 1. The van der Waals surface area contributed by atoms with Crippen LogP contribution in [0.2, 0.25) is 0 Å². The van der Waals surface area contributed by atoms with Gasteiger partial charge in [0.2, 0.25) is 0 Å². The van der Waals surface area contributed by atoms with Crippen molar-refractivity contribution in [3.05, 3.63) is 20.8 Å². The SMILES string of the molecule is CCCCCCNC(=O)n1sc2c(c1=O)CCC2.